The highest BCUT2D eigenvalue weighted by atomic mass is 35.5. The molecule has 1 unspecified atom stereocenters. The Morgan fingerprint density at radius 2 is 2.00 bits per heavy atom. The fourth-order valence-corrected chi connectivity index (χ4v) is 3.11. The summed E-state index contributed by atoms with van der Waals surface area (Å²) in [6, 6.07) is 7.52. The van der Waals surface area contributed by atoms with E-state index in [1.54, 1.807) is 0 Å². The number of halogens is 1. The van der Waals surface area contributed by atoms with Crippen LogP contribution >= 0.6 is 23.4 Å². The van der Waals surface area contributed by atoms with Gasteiger partial charge in [-0.1, -0.05) is 29.8 Å². The van der Waals surface area contributed by atoms with E-state index in [4.69, 9.17) is 11.6 Å². The zero-order valence-corrected chi connectivity index (χ0v) is 10.7. The lowest BCUT2D eigenvalue weighted by molar-refractivity contribution is 0.119. The van der Waals surface area contributed by atoms with Gasteiger partial charge in [0, 0.05) is 41.7 Å². The summed E-state index contributed by atoms with van der Waals surface area (Å²) in [5.41, 5.74) is 0.836. The Morgan fingerprint density at radius 1 is 1.31 bits per heavy atom. The Bertz CT molecular complexity index is 342. The molecule has 1 aromatic carbocycles. The van der Waals surface area contributed by atoms with Crippen molar-refractivity contribution in [1.82, 2.24) is 4.90 Å². The standard InChI is InChI=1S/C12H16ClNOS/c13-11-4-2-1-3-10(11)12(15)9-14-5-7-16-8-6-14/h1-4,12,15H,5-9H2. The van der Waals surface area contributed by atoms with Gasteiger partial charge in [-0.2, -0.15) is 11.8 Å². The zero-order chi connectivity index (χ0) is 11.4. The molecule has 1 aliphatic heterocycles. The van der Waals surface area contributed by atoms with Gasteiger partial charge in [0.25, 0.3) is 0 Å². The predicted molar refractivity (Wildman–Crippen MR) is 70.2 cm³/mol. The van der Waals surface area contributed by atoms with Crippen LogP contribution in [0, 0.1) is 0 Å². The van der Waals surface area contributed by atoms with Gasteiger partial charge in [0.05, 0.1) is 6.10 Å². The first-order valence-corrected chi connectivity index (χ1v) is 7.03. The van der Waals surface area contributed by atoms with E-state index in [0.29, 0.717) is 11.6 Å². The lowest BCUT2D eigenvalue weighted by Crippen LogP contribution is -2.35. The van der Waals surface area contributed by atoms with E-state index < -0.39 is 6.10 Å². The van der Waals surface area contributed by atoms with E-state index in [-0.39, 0.29) is 0 Å². The second kappa shape index (κ2) is 5.92. The molecule has 1 aliphatic rings. The first-order valence-electron chi connectivity index (χ1n) is 5.50. The van der Waals surface area contributed by atoms with E-state index in [0.717, 1.165) is 30.2 Å². The minimum absolute atomic E-state index is 0.475. The van der Waals surface area contributed by atoms with E-state index in [1.165, 1.54) is 0 Å². The van der Waals surface area contributed by atoms with Crippen molar-refractivity contribution in [3.8, 4) is 0 Å². The van der Waals surface area contributed by atoms with Gasteiger partial charge in [0.2, 0.25) is 0 Å². The number of aliphatic hydroxyl groups is 1. The molecule has 1 atom stereocenters. The lowest BCUT2D eigenvalue weighted by Gasteiger charge is -2.28. The molecular weight excluding hydrogens is 242 g/mol. The molecule has 0 saturated carbocycles. The number of hydrogen-bond donors (Lipinski definition) is 1. The SMILES string of the molecule is OC(CN1CCSCC1)c1ccccc1Cl. The van der Waals surface area contributed by atoms with Gasteiger partial charge in [0.1, 0.15) is 0 Å². The van der Waals surface area contributed by atoms with Gasteiger partial charge in [-0.15, -0.1) is 0 Å². The summed E-state index contributed by atoms with van der Waals surface area (Å²) >= 11 is 8.03. The number of β-amino-alcohol motifs (C(OH)–C–C–N with tert-alkyl or cyclic N) is 1. The Labute approximate surface area is 106 Å². The summed E-state index contributed by atoms with van der Waals surface area (Å²) in [5.74, 6) is 2.32. The Hall–Kier alpha value is -0.220. The number of aliphatic hydroxyl groups excluding tert-OH is 1. The summed E-state index contributed by atoms with van der Waals surface area (Å²) in [6.45, 7) is 2.81. The first kappa shape index (κ1) is 12.2. The van der Waals surface area contributed by atoms with Gasteiger partial charge in [0.15, 0.2) is 0 Å². The van der Waals surface area contributed by atoms with Crippen molar-refractivity contribution in [2.45, 2.75) is 6.10 Å². The van der Waals surface area contributed by atoms with E-state index in [9.17, 15) is 5.11 Å². The van der Waals surface area contributed by atoms with Crippen molar-refractivity contribution in [2.24, 2.45) is 0 Å². The maximum absolute atomic E-state index is 10.1. The Kier molecular flexibility index (Phi) is 4.53. The van der Waals surface area contributed by atoms with Gasteiger partial charge < -0.3 is 5.11 Å². The third-order valence-corrected chi connectivity index (χ3v) is 4.09. The molecule has 1 heterocycles. The molecule has 1 fully saturated rings. The van der Waals surface area contributed by atoms with Crippen molar-refractivity contribution in [3.63, 3.8) is 0 Å². The molecule has 16 heavy (non-hydrogen) atoms. The third kappa shape index (κ3) is 3.14. The second-order valence-electron chi connectivity index (χ2n) is 3.95. The molecule has 0 radical (unpaired) electrons. The largest absolute Gasteiger partial charge is 0.387 e. The fourth-order valence-electron chi connectivity index (χ4n) is 1.87. The number of thioether (sulfide) groups is 1. The summed E-state index contributed by atoms with van der Waals surface area (Å²) in [4.78, 5) is 2.30. The van der Waals surface area contributed by atoms with E-state index in [2.05, 4.69) is 4.90 Å². The van der Waals surface area contributed by atoms with Gasteiger partial charge in [-0.05, 0) is 6.07 Å². The van der Waals surface area contributed by atoms with Gasteiger partial charge in [-0.25, -0.2) is 0 Å². The minimum atomic E-state index is -0.475. The maximum Gasteiger partial charge on any atom is 0.0931 e. The normalized spacial score (nSPS) is 19.6. The maximum atomic E-state index is 10.1. The molecule has 0 aliphatic carbocycles. The average molecular weight is 258 g/mol. The van der Waals surface area contributed by atoms with Crippen LogP contribution in [0.5, 0.6) is 0 Å². The lowest BCUT2D eigenvalue weighted by atomic mass is 10.1. The van der Waals surface area contributed by atoms with Crippen LogP contribution in [0.15, 0.2) is 24.3 Å². The van der Waals surface area contributed by atoms with Crippen LogP contribution < -0.4 is 0 Å². The zero-order valence-electron chi connectivity index (χ0n) is 9.10. The molecule has 0 aromatic heterocycles. The quantitative estimate of drug-likeness (QED) is 0.900. The molecule has 2 nitrogen and oxygen atoms in total. The van der Waals surface area contributed by atoms with Crippen molar-refractivity contribution in [1.29, 1.82) is 0 Å². The monoisotopic (exact) mass is 257 g/mol. The molecule has 0 bridgehead atoms. The number of rotatable bonds is 3. The van der Waals surface area contributed by atoms with Crippen molar-refractivity contribution < 1.29 is 5.11 Å². The topological polar surface area (TPSA) is 23.5 Å². The van der Waals surface area contributed by atoms with Crippen LogP contribution in [-0.2, 0) is 0 Å². The average Bonchev–Trinajstić information content (AvgIpc) is 2.31. The predicted octanol–water partition coefficient (Wildman–Crippen LogP) is 2.42. The van der Waals surface area contributed by atoms with Crippen LogP contribution in [0.4, 0.5) is 0 Å². The van der Waals surface area contributed by atoms with Crippen LogP contribution in [-0.4, -0.2) is 41.1 Å². The van der Waals surface area contributed by atoms with Crippen molar-refractivity contribution in [3.05, 3.63) is 34.9 Å². The number of benzene rings is 1. The smallest absolute Gasteiger partial charge is 0.0931 e. The Balaban J connectivity index is 1.96. The third-order valence-electron chi connectivity index (χ3n) is 2.80. The van der Waals surface area contributed by atoms with E-state index >= 15 is 0 Å². The molecular formula is C12H16ClNOS. The summed E-state index contributed by atoms with van der Waals surface area (Å²) in [5, 5.41) is 10.8. The van der Waals surface area contributed by atoms with Crippen LogP contribution in [0.25, 0.3) is 0 Å². The number of hydrogen-bond acceptors (Lipinski definition) is 3. The molecule has 1 aromatic rings. The highest BCUT2D eigenvalue weighted by Gasteiger charge is 2.17. The molecule has 88 valence electrons. The Morgan fingerprint density at radius 3 is 2.69 bits per heavy atom. The first-order chi connectivity index (χ1) is 7.77. The van der Waals surface area contributed by atoms with Gasteiger partial charge >= 0.3 is 0 Å². The molecule has 4 heteroatoms. The van der Waals surface area contributed by atoms with Gasteiger partial charge in [-0.3, -0.25) is 4.90 Å². The molecule has 0 amide bonds. The molecule has 1 saturated heterocycles. The van der Waals surface area contributed by atoms with Crippen LogP contribution in [0.2, 0.25) is 5.02 Å². The minimum Gasteiger partial charge on any atom is -0.387 e. The summed E-state index contributed by atoms with van der Waals surface area (Å²) < 4.78 is 0. The highest BCUT2D eigenvalue weighted by molar-refractivity contribution is 7.99. The molecule has 2 rings (SSSR count). The fraction of sp³-hybridized carbons (Fsp3) is 0.500. The number of nitrogens with zero attached hydrogens (tertiary/aromatic N) is 1. The van der Waals surface area contributed by atoms with Crippen LogP contribution in [0.3, 0.4) is 0 Å². The van der Waals surface area contributed by atoms with Crippen molar-refractivity contribution >= 4 is 23.4 Å². The molecule has 1 N–H and O–H groups in total. The highest BCUT2D eigenvalue weighted by Crippen LogP contribution is 2.24. The summed E-state index contributed by atoms with van der Waals surface area (Å²) in [7, 11) is 0. The van der Waals surface area contributed by atoms with Crippen molar-refractivity contribution in [2.75, 3.05) is 31.1 Å². The second-order valence-corrected chi connectivity index (χ2v) is 5.58. The van der Waals surface area contributed by atoms with Crippen LogP contribution in [0.1, 0.15) is 11.7 Å². The summed E-state index contributed by atoms with van der Waals surface area (Å²) in [6.07, 6.45) is -0.475. The molecule has 0 spiro atoms. The van der Waals surface area contributed by atoms with E-state index in [1.807, 2.05) is 36.0 Å².